The van der Waals surface area contributed by atoms with Crippen LogP contribution in [-0.2, 0) is 4.74 Å². The molecule has 0 aromatic rings. The predicted octanol–water partition coefficient (Wildman–Crippen LogP) is 1.26. The van der Waals surface area contributed by atoms with E-state index in [9.17, 15) is 0 Å². The summed E-state index contributed by atoms with van der Waals surface area (Å²) in [5.74, 6) is 0.682. The van der Waals surface area contributed by atoms with Crippen molar-refractivity contribution in [3.05, 3.63) is 0 Å². The van der Waals surface area contributed by atoms with Crippen molar-refractivity contribution in [1.82, 2.24) is 4.90 Å². The van der Waals surface area contributed by atoms with Gasteiger partial charge in [-0.15, -0.1) is 0 Å². The molecule has 0 aliphatic rings. The molecule has 0 heterocycles. The topological polar surface area (TPSA) is 24.8 Å². The third-order valence-electron chi connectivity index (χ3n) is 1.05. The summed E-state index contributed by atoms with van der Waals surface area (Å²) < 4.78 is 5.17. The van der Waals surface area contributed by atoms with E-state index in [0.29, 0.717) is 5.94 Å². The van der Waals surface area contributed by atoms with Gasteiger partial charge in [0.1, 0.15) is 0 Å². The molecule has 0 amide bonds. The first kappa shape index (κ1) is 10.8. The molecule has 66 valence electrons. The van der Waals surface area contributed by atoms with Crippen LogP contribution in [0.25, 0.3) is 0 Å². The molecule has 3 nitrogen and oxygen atoms in total. The summed E-state index contributed by atoms with van der Waals surface area (Å²) in [7, 11) is 5.73. The van der Waals surface area contributed by atoms with Gasteiger partial charge in [-0.25, -0.2) is 0 Å². The summed E-state index contributed by atoms with van der Waals surface area (Å²) in [6.45, 7) is 2.75. The van der Waals surface area contributed by atoms with Gasteiger partial charge < -0.3 is 9.64 Å². The second-order valence-corrected chi connectivity index (χ2v) is 3.05. The zero-order valence-corrected chi connectivity index (χ0v) is 8.44. The standard InChI is InChI=1S/C7H16N2OS/c1-5-10-6-11-7(8-2)9(3)4/h5-6H2,1-4H3. The Labute approximate surface area is 72.8 Å². The average molecular weight is 176 g/mol. The SMILES string of the molecule is CCOCSC(=NC)N(C)C. The van der Waals surface area contributed by atoms with Gasteiger partial charge in [-0.3, -0.25) is 4.99 Å². The second kappa shape index (κ2) is 6.49. The van der Waals surface area contributed by atoms with Crippen LogP contribution < -0.4 is 0 Å². The quantitative estimate of drug-likeness (QED) is 0.280. The molecule has 11 heavy (non-hydrogen) atoms. The van der Waals surface area contributed by atoms with Gasteiger partial charge in [0.05, 0.1) is 5.94 Å². The Balaban J connectivity index is 3.54. The van der Waals surface area contributed by atoms with Gasteiger partial charge in [0.15, 0.2) is 5.17 Å². The molecule has 0 saturated carbocycles. The van der Waals surface area contributed by atoms with Crippen molar-refractivity contribution in [3.63, 3.8) is 0 Å². The number of rotatable bonds is 3. The number of aliphatic imine (C=N–C) groups is 1. The molecule has 0 aromatic heterocycles. The first-order chi connectivity index (χ1) is 5.22. The molecule has 0 aliphatic heterocycles. The van der Waals surface area contributed by atoms with E-state index in [4.69, 9.17) is 4.74 Å². The first-order valence-corrected chi connectivity index (χ1v) is 4.55. The van der Waals surface area contributed by atoms with E-state index in [1.54, 1.807) is 18.8 Å². The van der Waals surface area contributed by atoms with Gasteiger partial charge in [-0.1, -0.05) is 11.8 Å². The number of thioether (sulfide) groups is 1. The fourth-order valence-electron chi connectivity index (χ4n) is 0.571. The Morgan fingerprint density at radius 2 is 2.18 bits per heavy atom. The molecule has 0 aliphatic carbocycles. The van der Waals surface area contributed by atoms with Crippen LogP contribution in [-0.4, -0.2) is 43.8 Å². The smallest absolute Gasteiger partial charge is 0.160 e. The van der Waals surface area contributed by atoms with Crippen LogP contribution in [0.5, 0.6) is 0 Å². The number of amidine groups is 1. The van der Waals surface area contributed by atoms with Crippen LogP contribution in [0.3, 0.4) is 0 Å². The van der Waals surface area contributed by atoms with Crippen molar-refractivity contribution in [2.75, 3.05) is 33.7 Å². The Morgan fingerprint density at radius 1 is 1.55 bits per heavy atom. The predicted molar refractivity (Wildman–Crippen MR) is 51.1 cm³/mol. The van der Waals surface area contributed by atoms with Crippen LogP contribution in [0.1, 0.15) is 6.92 Å². The Kier molecular flexibility index (Phi) is 6.36. The van der Waals surface area contributed by atoms with Crippen LogP contribution in [0.15, 0.2) is 4.99 Å². The van der Waals surface area contributed by atoms with E-state index in [-0.39, 0.29) is 0 Å². The highest BCUT2D eigenvalue weighted by molar-refractivity contribution is 8.13. The van der Waals surface area contributed by atoms with Crippen molar-refractivity contribution in [2.24, 2.45) is 4.99 Å². The lowest BCUT2D eigenvalue weighted by Crippen LogP contribution is -2.19. The summed E-state index contributed by atoms with van der Waals surface area (Å²) in [5, 5.41) is 0.999. The van der Waals surface area contributed by atoms with Gasteiger partial charge in [-0.05, 0) is 6.92 Å². The summed E-state index contributed by atoms with van der Waals surface area (Å²) in [6.07, 6.45) is 0. The van der Waals surface area contributed by atoms with E-state index >= 15 is 0 Å². The van der Waals surface area contributed by atoms with Crippen LogP contribution in [0, 0.1) is 0 Å². The Bertz CT molecular complexity index is 126. The van der Waals surface area contributed by atoms with E-state index in [0.717, 1.165) is 11.8 Å². The van der Waals surface area contributed by atoms with Crippen molar-refractivity contribution < 1.29 is 4.74 Å². The number of ether oxygens (including phenoxy) is 1. The normalized spacial score (nSPS) is 11.8. The van der Waals surface area contributed by atoms with Gasteiger partial charge in [0, 0.05) is 27.7 Å². The molecular formula is C7H16N2OS. The summed E-state index contributed by atoms with van der Waals surface area (Å²) >= 11 is 1.61. The molecule has 0 N–H and O–H groups in total. The minimum atomic E-state index is 0.682. The number of nitrogens with zero attached hydrogens (tertiary/aromatic N) is 2. The average Bonchev–Trinajstić information content (AvgIpc) is 1.97. The van der Waals surface area contributed by atoms with Crippen molar-refractivity contribution in [2.45, 2.75) is 6.92 Å². The lowest BCUT2D eigenvalue weighted by Gasteiger charge is -2.13. The zero-order chi connectivity index (χ0) is 8.69. The third kappa shape index (κ3) is 5.09. The molecular weight excluding hydrogens is 160 g/mol. The molecule has 0 spiro atoms. The zero-order valence-electron chi connectivity index (χ0n) is 7.63. The van der Waals surface area contributed by atoms with E-state index < -0.39 is 0 Å². The van der Waals surface area contributed by atoms with E-state index in [2.05, 4.69) is 4.99 Å². The van der Waals surface area contributed by atoms with Crippen molar-refractivity contribution >= 4 is 16.9 Å². The van der Waals surface area contributed by atoms with E-state index in [1.807, 2.05) is 25.9 Å². The molecule has 0 saturated heterocycles. The van der Waals surface area contributed by atoms with Crippen LogP contribution in [0.4, 0.5) is 0 Å². The molecule has 0 fully saturated rings. The van der Waals surface area contributed by atoms with E-state index in [1.165, 1.54) is 0 Å². The lowest BCUT2D eigenvalue weighted by molar-refractivity contribution is 0.199. The minimum absolute atomic E-state index is 0.682. The highest BCUT2D eigenvalue weighted by Gasteiger charge is 1.99. The number of hydrogen-bond acceptors (Lipinski definition) is 3. The van der Waals surface area contributed by atoms with Gasteiger partial charge >= 0.3 is 0 Å². The molecule has 0 rings (SSSR count). The van der Waals surface area contributed by atoms with Gasteiger partial charge in [-0.2, -0.15) is 0 Å². The van der Waals surface area contributed by atoms with Crippen LogP contribution >= 0.6 is 11.8 Å². The lowest BCUT2D eigenvalue weighted by atomic mass is 10.9. The van der Waals surface area contributed by atoms with Gasteiger partial charge in [0.2, 0.25) is 0 Å². The van der Waals surface area contributed by atoms with Crippen LogP contribution in [0.2, 0.25) is 0 Å². The monoisotopic (exact) mass is 176 g/mol. The fourth-order valence-corrected chi connectivity index (χ4v) is 1.31. The highest BCUT2D eigenvalue weighted by atomic mass is 32.2. The summed E-state index contributed by atoms with van der Waals surface area (Å²) in [6, 6.07) is 0. The molecule has 0 bridgehead atoms. The second-order valence-electron chi connectivity index (χ2n) is 2.16. The number of hydrogen-bond donors (Lipinski definition) is 0. The van der Waals surface area contributed by atoms with Gasteiger partial charge in [0.25, 0.3) is 0 Å². The molecule has 0 atom stereocenters. The maximum atomic E-state index is 5.17. The van der Waals surface area contributed by atoms with Crippen molar-refractivity contribution in [1.29, 1.82) is 0 Å². The largest absolute Gasteiger partial charge is 0.371 e. The summed E-state index contributed by atoms with van der Waals surface area (Å²) in [5.41, 5.74) is 0. The summed E-state index contributed by atoms with van der Waals surface area (Å²) in [4.78, 5) is 6.06. The maximum absolute atomic E-state index is 5.17. The Hall–Kier alpha value is -0.220. The third-order valence-corrected chi connectivity index (χ3v) is 2.14. The minimum Gasteiger partial charge on any atom is -0.371 e. The highest BCUT2D eigenvalue weighted by Crippen LogP contribution is 2.05. The first-order valence-electron chi connectivity index (χ1n) is 3.57. The fraction of sp³-hybridized carbons (Fsp3) is 0.857. The molecule has 0 unspecified atom stereocenters. The Morgan fingerprint density at radius 3 is 2.55 bits per heavy atom. The maximum Gasteiger partial charge on any atom is 0.160 e. The molecule has 0 aromatic carbocycles. The molecule has 4 heteroatoms. The van der Waals surface area contributed by atoms with Crippen molar-refractivity contribution in [3.8, 4) is 0 Å². The molecule has 0 radical (unpaired) electrons.